The summed E-state index contributed by atoms with van der Waals surface area (Å²) in [5, 5.41) is 0. The maximum absolute atomic E-state index is 13.3. The number of carbonyl (C=O) groups excluding carboxylic acids is 1. The number of rotatable bonds is 9. The molecule has 0 aliphatic rings. The summed E-state index contributed by atoms with van der Waals surface area (Å²) >= 11 is 0. The molecule has 0 aromatic heterocycles. The van der Waals surface area contributed by atoms with Gasteiger partial charge in [0.1, 0.15) is 11.6 Å². The second kappa shape index (κ2) is 9.73. The number of hydrogen-bond acceptors (Lipinski definition) is 4. The second-order valence-corrected chi connectivity index (χ2v) is 8.39. The van der Waals surface area contributed by atoms with Gasteiger partial charge >= 0.3 is 0 Å². The Morgan fingerprint density at radius 2 is 1.66 bits per heavy atom. The molecule has 1 amide bonds. The lowest BCUT2D eigenvalue weighted by molar-refractivity contribution is 0.0773. The van der Waals surface area contributed by atoms with E-state index < -0.39 is 15.8 Å². The molecule has 0 spiro atoms. The molecule has 0 bridgehead atoms. The van der Waals surface area contributed by atoms with Gasteiger partial charge in [-0.3, -0.25) is 9.10 Å². The standard InChI is InChI=1S/C21H27FN2O4S/c1-5-23(6-2)21(25)16-8-13-20(28-7-3)17(14-16)15-24(29(4,26)27)19-11-9-18(22)10-12-19/h8-14H,5-7,15H2,1-4H3. The van der Waals surface area contributed by atoms with E-state index in [1.807, 2.05) is 20.8 Å². The van der Waals surface area contributed by atoms with Crippen LogP contribution < -0.4 is 9.04 Å². The third kappa shape index (κ3) is 5.69. The molecule has 0 saturated heterocycles. The molecule has 0 fully saturated rings. The van der Waals surface area contributed by atoms with Gasteiger partial charge in [-0.2, -0.15) is 0 Å². The zero-order chi connectivity index (χ0) is 21.6. The fourth-order valence-electron chi connectivity index (χ4n) is 2.99. The first-order valence-corrected chi connectivity index (χ1v) is 11.3. The zero-order valence-corrected chi connectivity index (χ0v) is 18.0. The van der Waals surface area contributed by atoms with E-state index in [0.29, 0.717) is 42.3 Å². The quantitative estimate of drug-likeness (QED) is 0.618. The Morgan fingerprint density at radius 3 is 2.17 bits per heavy atom. The Hall–Kier alpha value is -2.61. The highest BCUT2D eigenvalue weighted by Gasteiger charge is 2.22. The van der Waals surface area contributed by atoms with Crippen LogP contribution in [0.4, 0.5) is 10.1 Å². The van der Waals surface area contributed by atoms with Crippen LogP contribution in [0.5, 0.6) is 5.75 Å². The highest BCUT2D eigenvalue weighted by molar-refractivity contribution is 7.92. The first kappa shape index (κ1) is 22.7. The van der Waals surface area contributed by atoms with Gasteiger partial charge in [0, 0.05) is 24.2 Å². The molecule has 6 nitrogen and oxygen atoms in total. The average Bonchev–Trinajstić information content (AvgIpc) is 2.68. The van der Waals surface area contributed by atoms with Crippen molar-refractivity contribution >= 4 is 21.6 Å². The molecular formula is C21H27FN2O4S. The molecule has 29 heavy (non-hydrogen) atoms. The van der Waals surface area contributed by atoms with E-state index in [4.69, 9.17) is 4.74 Å². The van der Waals surface area contributed by atoms with Crippen molar-refractivity contribution in [3.05, 3.63) is 59.4 Å². The fraction of sp³-hybridized carbons (Fsp3) is 0.381. The number of sulfonamides is 1. The molecule has 0 saturated carbocycles. The van der Waals surface area contributed by atoms with Crippen LogP contribution in [0.25, 0.3) is 0 Å². The van der Waals surface area contributed by atoms with E-state index in [-0.39, 0.29) is 12.5 Å². The minimum atomic E-state index is -3.66. The molecular weight excluding hydrogens is 395 g/mol. The van der Waals surface area contributed by atoms with Gasteiger partial charge in [0.25, 0.3) is 5.91 Å². The monoisotopic (exact) mass is 422 g/mol. The Balaban J connectivity index is 2.49. The lowest BCUT2D eigenvalue weighted by atomic mass is 10.1. The van der Waals surface area contributed by atoms with Crippen LogP contribution in [0.2, 0.25) is 0 Å². The van der Waals surface area contributed by atoms with E-state index in [0.717, 1.165) is 10.6 Å². The van der Waals surface area contributed by atoms with Crippen LogP contribution >= 0.6 is 0 Å². The summed E-state index contributed by atoms with van der Waals surface area (Å²) in [7, 11) is -3.66. The number of amides is 1. The molecule has 0 N–H and O–H groups in total. The maximum atomic E-state index is 13.3. The van der Waals surface area contributed by atoms with Gasteiger partial charge in [-0.1, -0.05) is 0 Å². The Morgan fingerprint density at radius 1 is 1.03 bits per heavy atom. The summed E-state index contributed by atoms with van der Waals surface area (Å²) in [5.74, 6) is -0.0876. The number of benzene rings is 2. The molecule has 0 radical (unpaired) electrons. The summed E-state index contributed by atoms with van der Waals surface area (Å²) in [5.41, 5.74) is 1.34. The van der Waals surface area contributed by atoms with Crippen molar-refractivity contribution in [2.45, 2.75) is 27.3 Å². The topological polar surface area (TPSA) is 66.9 Å². The summed E-state index contributed by atoms with van der Waals surface area (Å²) in [6.45, 7) is 7.12. The summed E-state index contributed by atoms with van der Waals surface area (Å²) < 4.78 is 45.0. The Labute approximate surface area is 171 Å². The molecule has 2 aromatic carbocycles. The normalized spacial score (nSPS) is 11.2. The Bertz CT molecular complexity index is 942. The summed E-state index contributed by atoms with van der Waals surface area (Å²) in [6, 6.07) is 10.2. The van der Waals surface area contributed by atoms with Crippen LogP contribution in [0, 0.1) is 5.82 Å². The number of halogens is 1. The fourth-order valence-corrected chi connectivity index (χ4v) is 3.87. The second-order valence-electron chi connectivity index (χ2n) is 6.48. The predicted octanol–water partition coefficient (Wildman–Crippen LogP) is 3.67. The molecule has 8 heteroatoms. The molecule has 0 heterocycles. The Kier molecular flexibility index (Phi) is 7.61. The molecule has 0 aliphatic heterocycles. The first-order valence-electron chi connectivity index (χ1n) is 9.49. The van der Waals surface area contributed by atoms with Crippen molar-refractivity contribution in [1.29, 1.82) is 0 Å². The van der Waals surface area contributed by atoms with Gasteiger partial charge in [0.05, 0.1) is 25.1 Å². The number of hydrogen-bond donors (Lipinski definition) is 0. The van der Waals surface area contributed by atoms with E-state index >= 15 is 0 Å². The molecule has 158 valence electrons. The van der Waals surface area contributed by atoms with Crippen LogP contribution in [0.3, 0.4) is 0 Å². The highest BCUT2D eigenvalue weighted by Crippen LogP contribution is 2.27. The minimum absolute atomic E-state index is 0.0425. The van der Waals surface area contributed by atoms with Gasteiger partial charge in [-0.05, 0) is 63.2 Å². The lowest BCUT2D eigenvalue weighted by Gasteiger charge is -2.25. The SMILES string of the molecule is CCOc1ccc(C(=O)N(CC)CC)cc1CN(c1ccc(F)cc1)S(C)(=O)=O. The third-order valence-electron chi connectivity index (χ3n) is 4.49. The van der Waals surface area contributed by atoms with Gasteiger partial charge in [0.15, 0.2) is 0 Å². The lowest BCUT2D eigenvalue weighted by Crippen LogP contribution is -2.31. The number of ether oxygens (including phenoxy) is 1. The van der Waals surface area contributed by atoms with Crippen molar-refractivity contribution in [2.75, 3.05) is 30.3 Å². The average molecular weight is 423 g/mol. The molecule has 2 rings (SSSR count). The van der Waals surface area contributed by atoms with Gasteiger partial charge in [0.2, 0.25) is 10.0 Å². The molecule has 2 aromatic rings. The van der Waals surface area contributed by atoms with Gasteiger partial charge in [-0.15, -0.1) is 0 Å². The number of carbonyl (C=O) groups is 1. The van der Waals surface area contributed by atoms with E-state index in [2.05, 4.69) is 0 Å². The maximum Gasteiger partial charge on any atom is 0.253 e. The van der Waals surface area contributed by atoms with Crippen molar-refractivity contribution in [3.8, 4) is 5.75 Å². The van der Waals surface area contributed by atoms with Crippen molar-refractivity contribution in [3.63, 3.8) is 0 Å². The molecule has 0 aliphatic carbocycles. The van der Waals surface area contributed by atoms with Crippen LogP contribution in [0.1, 0.15) is 36.7 Å². The van der Waals surface area contributed by atoms with Crippen LogP contribution in [0.15, 0.2) is 42.5 Å². The van der Waals surface area contributed by atoms with Crippen LogP contribution in [-0.4, -0.2) is 45.2 Å². The zero-order valence-electron chi connectivity index (χ0n) is 17.2. The minimum Gasteiger partial charge on any atom is -0.494 e. The van der Waals surface area contributed by atoms with Crippen molar-refractivity contribution in [2.24, 2.45) is 0 Å². The molecule has 0 atom stereocenters. The largest absolute Gasteiger partial charge is 0.494 e. The van der Waals surface area contributed by atoms with Crippen molar-refractivity contribution in [1.82, 2.24) is 4.90 Å². The predicted molar refractivity (Wildman–Crippen MR) is 112 cm³/mol. The summed E-state index contributed by atoms with van der Waals surface area (Å²) in [6.07, 6.45) is 1.08. The third-order valence-corrected chi connectivity index (χ3v) is 5.63. The van der Waals surface area contributed by atoms with Gasteiger partial charge < -0.3 is 9.64 Å². The van der Waals surface area contributed by atoms with Crippen LogP contribution in [-0.2, 0) is 16.6 Å². The number of anilines is 1. The first-order chi connectivity index (χ1) is 13.7. The highest BCUT2D eigenvalue weighted by atomic mass is 32.2. The van der Waals surface area contributed by atoms with Crippen molar-refractivity contribution < 1.29 is 22.3 Å². The van der Waals surface area contributed by atoms with E-state index in [9.17, 15) is 17.6 Å². The smallest absolute Gasteiger partial charge is 0.253 e. The van der Waals surface area contributed by atoms with E-state index in [1.54, 1.807) is 23.1 Å². The number of nitrogens with zero attached hydrogens (tertiary/aromatic N) is 2. The molecule has 0 unspecified atom stereocenters. The van der Waals surface area contributed by atoms with Gasteiger partial charge in [-0.25, -0.2) is 12.8 Å². The van der Waals surface area contributed by atoms with E-state index in [1.165, 1.54) is 24.3 Å². The summed E-state index contributed by atoms with van der Waals surface area (Å²) in [4.78, 5) is 14.4.